The number of amides is 1. The first-order valence-corrected chi connectivity index (χ1v) is 8.39. The van der Waals surface area contributed by atoms with E-state index in [4.69, 9.17) is 25.8 Å². The summed E-state index contributed by atoms with van der Waals surface area (Å²) >= 11 is 6.24. The summed E-state index contributed by atoms with van der Waals surface area (Å²) < 4.78 is 16.3. The minimum Gasteiger partial charge on any atom is -0.492 e. The lowest BCUT2D eigenvalue weighted by Gasteiger charge is -2.25. The van der Waals surface area contributed by atoms with Crippen molar-refractivity contribution in [3.8, 4) is 5.75 Å². The molecule has 0 heterocycles. The van der Waals surface area contributed by atoms with Gasteiger partial charge in [-0.15, -0.1) is 0 Å². The van der Waals surface area contributed by atoms with Crippen molar-refractivity contribution in [1.29, 1.82) is 0 Å². The zero-order chi connectivity index (χ0) is 18.4. The molecule has 136 valence electrons. The highest BCUT2D eigenvalue weighted by molar-refractivity contribution is 6.32. The van der Waals surface area contributed by atoms with Gasteiger partial charge in [0.1, 0.15) is 11.4 Å². The number of ether oxygens (including phenoxy) is 3. The highest BCUT2D eigenvalue weighted by atomic mass is 35.5. The van der Waals surface area contributed by atoms with Gasteiger partial charge in [-0.2, -0.15) is 0 Å². The Morgan fingerprint density at radius 2 is 1.88 bits per heavy atom. The molecule has 0 fully saturated rings. The fraction of sp³-hybridized carbons (Fsp3) is 0.611. The summed E-state index contributed by atoms with van der Waals surface area (Å²) in [5.74, 6) is 0.366. The fourth-order valence-electron chi connectivity index (χ4n) is 1.87. The molecule has 0 aromatic heterocycles. The van der Waals surface area contributed by atoms with E-state index >= 15 is 0 Å². The first-order valence-electron chi connectivity index (χ1n) is 8.01. The summed E-state index contributed by atoms with van der Waals surface area (Å²) in [6.07, 6.45) is 1.31. The van der Waals surface area contributed by atoms with Crippen LogP contribution in [-0.2, 0) is 14.3 Å². The molecule has 1 N–H and O–H groups in total. The number of rotatable bonds is 9. The van der Waals surface area contributed by atoms with E-state index < -0.39 is 5.60 Å². The molecule has 1 rings (SSSR count). The van der Waals surface area contributed by atoms with E-state index in [1.807, 2.05) is 20.8 Å². The van der Waals surface area contributed by atoms with Crippen LogP contribution in [0.4, 0.5) is 5.69 Å². The lowest BCUT2D eigenvalue weighted by molar-refractivity contribution is -0.136. The van der Waals surface area contributed by atoms with Gasteiger partial charge in [-0.1, -0.05) is 18.5 Å². The summed E-state index contributed by atoms with van der Waals surface area (Å²) in [7, 11) is 3.20. The van der Waals surface area contributed by atoms with Gasteiger partial charge in [0.25, 0.3) is 5.91 Å². The molecule has 5 nitrogen and oxygen atoms in total. The van der Waals surface area contributed by atoms with Crippen LogP contribution in [0.2, 0.25) is 5.02 Å². The number of anilines is 1. The minimum absolute atomic E-state index is 0.209. The van der Waals surface area contributed by atoms with Crippen LogP contribution in [0.1, 0.15) is 40.5 Å². The summed E-state index contributed by atoms with van der Waals surface area (Å²) in [4.78, 5) is 12.3. The number of carbonyl (C=O) groups is 1. The molecule has 1 atom stereocenters. The van der Waals surface area contributed by atoms with Gasteiger partial charge in [-0.25, -0.2) is 0 Å². The number of hydrogen-bond acceptors (Lipinski definition) is 4. The topological polar surface area (TPSA) is 56.8 Å². The highest BCUT2D eigenvalue weighted by Gasteiger charge is 2.31. The number of benzene rings is 1. The van der Waals surface area contributed by atoms with E-state index in [1.165, 1.54) is 7.11 Å². The largest absolute Gasteiger partial charge is 0.492 e. The molecule has 0 saturated heterocycles. The van der Waals surface area contributed by atoms with E-state index in [1.54, 1.807) is 32.2 Å². The predicted molar refractivity (Wildman–Crippen MR) is 97.0 cm³/mol. The number of halogens is 1. The maximum Gasteiger partial charge on any atom is 0.256 e. The van der Waals surface area contributed by atoms with Crippen LogP contribution in [0.15, 0.2) is 18.2 Å². The lowest BCUT2D eigenvalue weighted by Crippen LogP contribution is -2.41. The zero-order valence-electron chi connectivity index (χ0n) is 15.4. The van der Waals surface area contributed by atoms with Crippen molar-refractivity contribution in [2.45, 2.75) is 51.7 Å². The molecule has 0 aliphatic heterocycles. The normalized spacial score (nSPS) is 14.1. The third-order valence-corrected chi connectivity index (χ3v) is 4.60. The van der Waals surface area contributed by atoms with E-state index in [-0.39, 0.29) is 11.5 Å². The molecular weight excluding hydrogens is 330 g/mol. The molecule has 0 radical (unpaired) electrons. The zero-order valence-corrected chi connectivity index (χ0v) is 16.1. The molecule has 6 heteroatoms. The molecule has 0 aliphatic carbocycles. The molecule has 0 spiro atoms. The number of nitrogens with one attached hydrogen (secondary N) is 1. The predicted octanol–water partition coefficient (Wildman–Crippen LogP) is 4.29. The minimum atomic E-state index is -0.868. The number of carbonyl (C=O) groups excluding carboxylic acids is 1. The maximum atomic E-state index is 12.3. The Morgan fingerprint density at radius 1 is 1.21 bits per heavy atom. The second-order valence-electron chi connectivity index (χ2n) is 6.45. The molecule has 1 amide bonds. The van der Waals surface area contributed by atoms with Crippen LogP contribution >= 0.6 is 11.6 Å². The fourth-order valence-corrected chi connectivity index (χ4v) is 2.10. The van der Waals surface area contributed by atoms with Crippen LogP contribution in [0.3, 0.4) is 0 Å². The van der Waals surface area contributed by atoms with Crippen molar-refractivity contribution >= 4 is 23.2 Å². The van der Waals surface area contributed by atoms with Gasteiger partial charge in [0, 0.05) is 26.3 Å². The molecule has 1 aromatic carbocycles. The van der Waals surface area contributed by atoms with Crippen LogP contribution in [0.25, 0.3) is 0 Å². The molecule has 24 heavy (non-hydrogen) atoms. The molecule has 0 aliphatic rings. The summed E-state index contributed by atoms with van der Waals surface area (Å²) in [6.45, 7) is 8.13. The molecule has 1 aromatic rings. The van der Waals surface area contributed by atoms with Gasteiger partial charge in [-0.05, 0) is 45.4 Å². The van der Waals surface area contributed by atoms with Crippen molar-refractivity contribution in [2.75, 3.05) is 26.1 Å². The Morgan fingerprint density at radius 3 is 2.38 bits per heavy atom. The van der Waals surface area contributed by atoms with Crippen molar-refractivity contribution < 1.29 is 19.0 Å². The summed E-state index contributed by atoms with van der Waals surface area (Å²) in [5.41, 5.74) is -0.510. The van der Waals surface area contributed by atoms with Crippen LogP contribution < -0.4 is 10.1 Å². The Labute approximate surface area is 149 Å². The second kappa shape index (κ2) is 8.70. The number of methoxy groups -OCH3 is 2. The molecule has 0 saturated carbocycles. The SMILES string of the molecule is CCC(C)(OC)C(=O)Nc1ccc(OCCC(C)(C)OC)c(Cl)c1. The first-order chi connectivity index (χ1) is 11.2. The molecule has 0 bridgehead atoms. The monoisotopic (exact) mass is 357 g/mol. The van der Waals surface area contributed by atoms with E-state index in [9.17, 15) is 4.79 Å². The summed E-state index contributed by atoms with van der Waals surface area (Å²) in [6, 6.07) is 5.17. The number of hydrogen-bond donors (Lipinski definition) is 1. The van der Waals surface area contributed by atoms with Gasteiger partial charge in [-0.3, -0.25) is 4.79 Å². The maximum absolute atomic E-state index is 12.3. The standard InChI is InChI=1S/C18H28ClNO4/c1-7-18(4,23-6)16(21)20-13-8-9-15(14(19)12-13)24-11-10-17(2,3)22-5/h8-9,12H,7,10-11H2,1-6H3,(H,20,21). The van der Waals surface area contributed by atoms with Gasteiger partial charge < -0.3 is 19.5 Å². The quantitative estimate of drug-likeness (QED) is 0.716. The van der Waals surface area contributed by atoms with Gasteiger partial charge in [0.15, 0.2) is 0 Å². The van der Waals surface area contributed by atoms with Crippen LogP contribution in [0.5, 0.6) is 5.75 Å². The van der Waals surface area contributed by atoms with Crippen molar-refractivity contribution in [3.63, 3.8) is 0 Å². The van der Waals surface area contributed by atoms with Gasteiger partial charge in [0.05, 0.1) is 17.2 Å². The Hall–Kier alpha value is -1.30. The lowest BCUT2D eigenvalue weighted by atomic mass is 10.0. The Balaban J connectivity index is 2.69. The summed E-state index contributed by atoms with van der Waals surface area (Å²) in [5, 5.41) is 3.26. The molecule has 1 unspecified atom stereocenters. The average molecular weight is 358 g/mol. The van der Waals surface area contributed by atoms with Crippen LogP contribution in [0, 0.1) is 0 Å². The van der Waals surface area contributed by atoms with Crippen molar-refractivity contribution in [2.24, 2.45) is 0 Å². The van der Waals surface area contributed by atoms with E-state index in [2.05, 4.69) is 5.32 Å². The third kappa shape index (κ3) is 5.65. The van der Waals surface area contributed by atoms with Gasteiger partial charge >= 0.3 is 0 Å². The van der Waals surface area contributed by atoms with Crippen molar-refractivity contribution in [3.05, 3.63) is 23.2 Å². The van der Waals surface area contributed by atoms with Crippen LogP contribution in [-0.4, -0.2) is 37.9 Å². The Bertz CT molecular complexity index is 556. The third-order valence-electron chi connectivity index (χ3n) is 4.31. The van der Waals surface area contributed by atoms with Gasteiger partial charge in [0.2, 0.25) is 0 Å². The van der Waals surface area contributed by atoms with Crippen molar-refractivity contribution in [1.82, 2.24) is 0 Å². The first kappa shape index (κ1) is 20.7. The average Bonchev–Trinajstić information content (AvgIpc) is 2.55. The molecular formula is C18H28ClNO4. The Kier molecular flexibility index (Phi) is 7.52. The van der Waals surface area contributed by atoms with E-state index in [0.717, 1.165) is 6.42 Å². The smallest absolute Gasteiger partial charge is 0.256 e. The second-order valence-corrected chi connectivity index (χ2v) is 6.86. The highest BCUT2D eigenvalue weighted by Crippen LogP contribution is 2.29. The van der Waals surface area contributed by atoms with E-state index in [0.29, 0.717) is 29.5 Å².